The molecule has 1 rings (SSSR count). The molecule has 0 radical (unpaired) electrons. The Morgan fingerprint density at radius 2 is 2.18 bits per heavy atom. The molecule has 0 aromatic carbocycles. The minimum Gasteiger partial charge on any atom is -0.330 e. The Kier molecular flexibility index (Phi) is 6.17. The molecule has 0 saturated carbocycles. The summed E-state index contributed by atoms with van der Waals surface area (Å²) in [6.07, 6.45) is 2.43. The standard InChI is InChI=1S/C14H26N2S/c1-4-8-14(3,11-15)12-16(5-2)10-13-7-6-9-17-13/h6-7,9H,4-5,8,10-12,15H2,1-3H3. The zero-order valence-electron chi connectivity index (χ0n) is 11.4. The van der Waals surface area contributed by atoms with Crippen molar-refractivity contribution in [2.75, 3.05) is 19.6 Å². The van der Waals surface area contributed by atoms with Gasteiger partial charge in [-0.1, -0.05) is 33.3 Å². The molecule has 17 heavy (non-hydrogen) atoms. The fourth-order valence-corrected chi connectivity index (χ4v) is 3.04. The summed E-state index contributed by atoms with van der Waals surface area (Å²) >= 11 is 1.84. The van der Waals surface area contributed by atoms with Crippen LogP contribution in [0.15, 0.2) is 17.5 Å². The topological polar surface area (TPSA) is 29.3 Å². The van der Waals surface area contributed by atoms with Crippen LogP contribution in [-0.4, -0.2) is 24.5 Å². The molecule has 98 valence electrons. The first-order valence-corrected chi connectivity index (χ1v) is 7.46. The molecule has 0 amide bonds. The third kappa shape index (κ3) is 4.78. The first-order valence-electron chi connectivity index (χ1n) is 6.58. The van der Waals surface area contributed by atoms with Crippen LogP contribution in [0.1, 0.15) is 38.5 Å². The normalized spacial score (nSPS) is 15.1. The predicted octanol–water partition coefficient (Wildman–Crippen LogP) is 3.34. The van der Waals surface area contributed by atoms with E-state index in [1.54, 1.807) is 0 Å². The molecule has 0 aliphatic carbocycles. The molecule has 0 aliphatic heterocycles. The highest BCUT2D eigenvalue weighted by molar-refractivity contribution is 7.09. The highest BCUT2D eigenvalue weighted by Crippen LogP contribution is 2.24. The van der Waals surface area contributed by atoms with Gasteiger partial charge in [0.15, 0.2) is 0 Å². The van der Waals surface area contributed by atoms with E-state index in [9.17, 15) is 0 Å². The van der Waals surface area contributed by atoms with Gasteiger partial charge in [0, 0.05) is 18.0 Å². The number of rotatable bonds is 8. The second-order valence-corrected chi connectivity index (χ2v) is 6.18. The molecule has 1 aromatic heterocycles. The molecule has 0 fully saturated rings. The van der Waals surface area contributed by atoms with Gasteiger partial charge >= 0.3 is 0 Å². The largest absolute Gasteiger partial charge is 0.330 e. The third-order valence-electron chi connectivity index (χ3n) is 3.36. The smallest absolute Gasteiger partial charge is 0.0328 e. The molecular weight excluding hydrogens is 228 g/mol. The Balaban J connectivity index is 2.55. The van der Waals surface area contributed by atoms with E-state index in [2.05, 4.69) is 43.2 Å². The second kappa shape index (κ2) is 7.14. The predicted molar refractivity (Wildman–Crippen MR) is 77.3 cm³/mol. The van der Waals surface area contributed by atoms with Gasteiger partial charge in [0.1, 0.15) is 0 Å². The number of thiophene rings is 1. The van der Waals surface area contributed by atoms with Crippen LogP contribution in [0.4, 0.5) is 0 Å². The van der Waals surface area contributed by atoms with Crippen LogP contribution in [0.3, 0.4) is 0 Å². The van der Waals surface area contributed by atoms with Crippen LogP contribution in [-0.2, 0) is 6.54 Å². The van der Waals surface area contributed by atoms with Gasteiger partial charge in [0.2, 0.25) is 0 Å². The molecule has 1 aromatic rings. The van der Waals surface area contributed by atoms with Crippen molar-refractivity contribution in [1.29, 1.82) is 0 Å². The Labute approximate surface area is 110 Å². The van der Waals surface area contributed by atoms with Crippen LogP contribution in [0.5, 0.6) is 0 Å². The summed E-state index contributed by atoms with van der Waals surface area (Å²) < 4.78 is 0. The lowest BCUT2D eigenvalue weighted by Gasteiger charge is -2.34. The van der Waals surface area contributed by atoms with E-state index in [4.69, 9.17) is 5.73 Å². The SMILES string of the molecule is CCCC(C)(CN)CN(CC)Cc1cccs1. The maximum absolute atomic E-state index is 5.95. The molecule has 0 aliphatic rings. The summed E-state index contributed by atoms with van der Waals surface area (Å²) in [5, 5.41) is 2.15. The molecule has 0 bridgehead atoms. The van der Waals surface area contributed by atoms with Crippen LogP contribution in [0, 0.1) is 5.41 Å². The van der Waals surface area contributed by atoms with Crippen molar-refractivity contribution in [1.82, 2.24) is 4.90 Å². The van der Waals surface area contributed by atoms with Crippen molar-refractivity contribution in [3.8, 4) is 0 Å². The van der Waals surface area contributed by atoms with Gasteiger partial charge in [0.25, 0.3) is 0 Å². The fraction of sp³-hybridized carbons (Fsp3) is 0.714. The number of hydrogen-bond donors (Lipinski definition) is 1. The van der Waals surface area contributed by atoms with Crippen molar-refractivity contribution in [3.63, 3.8) is 0 Å². The highest BCUT2D eigenvalue weighted by Gasteiger charge is 2.24. The summed E-state index contributed by atoms with van der Waals surface area (Å²) in [6.45, 7) is 10.8. The van der Waals surface area contributed by atoms with Crippen LogP contribution in [0.2, 0.25) is 0 Å². The maximum Gasteiger partial charge on any atom is 0.0328 e. The van der Waals surface area contributed by atoms with Crippen LogP contribution < -0.4 is 5.73 Å². The molecule has 1 atom stereocenters. The Bertz CT molecular complexity index is 297. The Morgan fingerprint density at radius 1 is 1.41 bits per heavy atom. The van der Waals surface area contributed by atoms with E-state index < -0.39 is 0 Å². The van der Waals surface area contributed by atoms with E-state index in [1.807, 2.05) is 11.3 Å². The molecule has 0 saturated heterocycles. The summed E-state index contributed by atoms with van der Waals surface area (Å²) in [5.41, 5.74) is 6.21. The zero-order chi connectivity index (χ0) is 12.7. The molecular formula is C14H26N2S. The maximum atomic E-state index is 5.95. The highest BCUT2D eigenvalue weighted by atomic mass is 32.1. The lowest BCUT2D eigenvalue weighted by Crippen LogP contribution is -2.40. The van der Waals surface area contributed by atoms with Crippen LogP contribution in [0.25, 0.3) is 0 Å². The van der Waals surface area contributed by atoms with Gasteiger partial charge in [-0.25, -0.2) is 0 Å². The molecule has 2 nitrogen and oxygen atoms in total. The lowest BCUT2D eigenvalue weighted by atomic mass is 9.85. The van der Waals surface area contributed by atoms with Gasteiger partial charge in [-0.3, -0.25) is 4.90 Å². The van der Waals surface area contributed by atoms with E-state index in [0.717, 1.165) is 26.2 Å². The Morgan fingerprint density at radius 3 is 2.65 bits per heavy atom. The van der Waals surface area contributed by atoms with Gasteiger partial charge in [0.05, 0.1) is 0 Å². The Hall–Kier alpha value is -0.380. The second-order valence-electron chi connectivity index (χ2n) is 5.15. The van der Waals surface area contributed by atoms with Crippen molar-refractivity contribution < 1.29 is 0 Å². The fourth-order valence-electron chi connectivity index (χ4n) is 2.29. The van der Waals surface area contributed by atoms with E-state index in [0.29, 0.717) is 0 Å². The lowest BCUT2D eigenvalue weighted by molar-refractivity contribution is 0.159. The van der Waals surface area contributed by atoms with Crippen molar-refractivity contribution in [2.24, 2.45) is 11.1 Å². The number of nitrogens with zero attached hydrogens (tertiary/aromatic N) is 1. The monoisotopic (exact) mass is 254 g/mol. The van der Waals surface area contributed by atoms with Gasteiger partial charge in [-0.15, -0.1) is 11.3 Å². The molecule has 3 heteroatoms. The molecule has 1 heterocycles. The van der Waals surface area contributed by atoms with E-state index in [-0.39, 0.29) is 5.41 Å². The number of hydrogen-bond acceptors (Lipinski definition) is 3. The van der Waals surface area contributed by atoms with E-state index in [1.165, 1.54) is 17.7 Å². The summed E-state index contributed by atoms with van der Waals surface area (Å²) in [6, 6.07) is 4.34. The molecule has 2 N–H and O–H groups in total. The third-order valence-corrected chi connectivity index (χ3v) is 4.22. The first-order chi connectivity index (χ1) is 8.13. The van der Waals surface area contributed by atoms with Crippen molar-refractivity contribution in [3.05, 3.63) is 22.4 Å². The van der Waals surface area contributed by atoms with E-state index >= 15 is 0 Å². The summed E-state index contributed by atoms with van der Waals surface area (Å²) in [4.78, 5) is 3.96. The average molecular weight is 254 g/mol. The summed E-state index contributed by atoms with van der Waals surface area (Å²) in [5.74, 6) is 0. The van der Waals surface area contributed by atoms with Gasteiger partial charge in [-0.05, 0) is 36.4 Å². The minimum absolute atomic E-state index is 0.266. The minimum atomic E-state index is 0.266. The van der Waals surface area contributed by atoms with Crippen molar-refractivity contribution >= 4 is 11.3 Å². The summed E-state index contributed by atoms with van der Waals surface area (Å²) in [7, 11) is 0. The van der Waals surface area contributed by atoms with Crippen molar-refractivity contribution in [2.45, 2.75) is 40.2 Å². The number of nitrogens with two attached hydrogens (primary N) is 1. The van der Waals surface area contributed by atoms with Crippen LogP contribution >= 0.6 is 11.3 Å². The zero-order valence-corrected chi connectivity index (χ0v) is 12.2. The van der Waals surface area contributed by atoms with Gasteiger partial charge < -0.3 is 5.73 Å². The molecule has 0 spiro atoms. The molecule has 1 unspecified atom stereocenters. The quantitative estimate of drug-likeness (QED) is 0.771. The van der Waals surface area contributed by atoms with Gasteiger partial charge in [-0.2, -0.15) is 0 Å². The first kappa shape index (κ1) is 14.7. The average Bonchev–Trinajstić information content (AvgIpc) is 2.81.